The molecule has 4 aromatic carbocycles. The lowest BCUT2D eigenvalue weighted by atomic mass is 9.98. The SMILES string of the molecule is CCCCCc1ccc(C(=O)N(Cc2ccc(-c3ccccc3F)cc2)C2CCN(Cc3ccc(O)cc3)CC2)cc1. The summed E-state index contributed by atoms with van der Waals surface area (Å²) in [5, 5.41) is 9.61. The molecule has 42 heavy (non-hydrogen) atoms. The van der Waals surface area contributed by atoms with Crippen molar-refractivity contribution in [3.05, 3.63) is 125 Å². The van der Waals surface area contributed by atoms with Crippen molar-refractivity contribution in [2.45, 2.75) is 64.6 Å². The fraction of sp³-hybridized carbons (Fsp3) is 0.324. The number of phenols is 1. The fourth-order valence-corrected chi connectivity index (χ4v) is 5.86. The van der Waals surface area contributed by atoms with Crippen LogP contribution < -0.4 is 0 Å². The van der Waals surface area contributed by atoms with Gasteiger partial charge in [0.15, 0.2) is 0 Å². The third kappa shape index (κ3) is 7.65. The molecule has 4 aromatic rings. The van der Waals surface area contributed by atoms with E-state index >= 15 is 0 Å². The summed E-state index contributed by atoms with van der Waals surface area (Å²) in [6.45, 7) is 5.35. The van der Waals surface area contributed by atoms with Crippen LogP contribution in [0.15, 0.2) is 97.1 Å². The zero-order valence-electron chi connectivity index (χ0n) is 24.5. The first-order valence-corrected chi connectivity index (χ1v) is 15.2. The van der Waals surface area contributed by atoms with Crippen LogP contribution in [0.4, 0.5) is 4.39 Å². The van der Waals surface area contributed by atoms with Crippen LogP contribution in [0.5, 0.6) is 5.75 Å². The third-order valence-electron chi connectivity index (χ3n) is 8.36. The largest absolute Gasteiger partial charge is 0.508 e. The number of amides is 1. The average Bonchev–Trinajstić information content (AvgIpc) is 3.02. The molecule has 0 bridgehead atoms. The summed E-state index contributed by atoms with van der Waals surface area (Å²) in [5.74, 6) is 0.104. The highest BCUT2D eigenvalue weighted by Crippen LogP contribution is 2.26. The van der Waals surface area contributed by atoms with Gasteiger partial charge in [-0.2, -0.15) is 0 Å². The van der Waals surface area contributed by atoms with Crippen LogP contribution in [-0.4, -0.2) is 39.9 Å². The number of piperidine rings is 1. The molecule has 0 unspecified atom stereocenters. The summed E-state index contributed by atoms with van der Waals surface area (Å²) in [6, 6.07) is 30.4. The Morgan fingerprint density at radius 2 is 1.48 bits per heavy atom. The highest BCUT2D eigenvalue weighted by atomic mass is 19.1. The minimum absolute atomic E-state index is 0.0604. The number of benzene rings is 4. The van der Waals surface area contributed by atoms with Crippen LogP contribution in [0.1, 0.15) is 66.1 Å². The van der Waals surface area contributed by atoms with E-state index in [1.165, 1.54) is 36.5 Å². The van der Waals surface area contributed by atoms with Gasteiger partial charge in [-0.1, -0.05) is 86.5 Å². The molecule has 5 heteroatoms. The van der Waals surface area contributed by atoms with Gasteiger partial charge in [0, 0.05) is 43.3 Å². The Morgan fingerprint density at radius 1 is 0.833 bits per heavy atom. The summed E-state index contributed by atoms with van der Waals surface area (Å²) in [6.07, 6.45) is 6.41. The Bertz CT molecular complexity index is 1430. The summed E-state index contributed by atoms with van der Waals surface area (Å²) in [5.41, 5.74) is 5.62. The third-order valence-corrected chi connectivity index (χ3v) is 8.36. The van der Waals surface area contributed by atoms with E-state index in [2.05, 4.69) is 24.0 Å². The van der Waals surface area contributed by atoms with Crippen LogP contribution in [0, 0.1) is 5.82 Å². The van der Waals surface area contributed by atoms with Gasteiger partial charge in [-0.05, 0) is 78.3 Å². The van der Waals surface area contributed by atoms with E-state index in [4.69, 9.17) is 0 Å². The summed E-state index contributed by atoms with van der Waals surface area (Å²) >= 11 is 0. The van der Waals surface area contributed by atoms with Crippen molar-refractivity contribution in [1.29, 1.82) is 0 Å². The van der Waals surface area contributed by atoms with Gasteiger partial charge < -0.3 is 10.0 Å². The Morgan fingerprint density at radius 3 is 2.14 bits per heavy atom. The number of hydrogen-bond donors (Lipinski definition) is 1. The molecule has 0 aliphatic carbocycles. The van der Waals surface area contributed by atoms with Crippen LogP contribution in [-0.2, 0) is 19.5 Å². The number of carbonyl (C=O) groups excluding carboxylic acids is 1. The zero-order valence-corrected chi connectivity index (χ0v) is 24.5. The molecule has 1 heterocycles. The van der Waals surface area contributed by atoms with E-state index in [-0.39, 0.29) is 23.5 Å². The molecule has 1 fully saturated rings. The van der Waals surface area contributed by atoms with Gasteiger partial charge in [0.1, 0.15) is 11.6 Å². The predicted molar refractivity (Wildman–Crippen MR) is 168 cm³/mol. The Labute approximate surface area is 249 Å². The first-order chi connectivity index (χ1) is 20.5. The maximum atomic E-state index is 14.4. The van der Waals surface area contributed by atoms with Crippen molar-refractivity contribution in [3.8, 4) is 16.9 Å². The highest BCUT2D eigenvalue weighted by molar-refractivity contribution is 5.94. The fourth-order valence-electron chi connectivity index (χ4n) is 5.86. The van der Waals surface area contributed by atoms with E-state index in [9.17, 15) is 14.3 Å². The number of phenolic OH excluding ortho intramolecular Hbond substituents is 1. The molecule has 0 saturated carbocycles. The van der Waals surface area contributed by atoms with Crippen molar-refractivity contribution in [2.24, 2.45) is 0 Å². The number of aromatic hydroxyl groups is 1. The highest BCUT2D eigenvalue weighted by Gasteiger charge is 2.29. The maximum absolute atomic E-state index is 14.4. The molecule has 218 valence electrons. The predicted octanol–water partition coefficient (Wildman–Crippen LogP) is 8.24. The van der Waals surface area contributed by atoms with E-state index < -0.39 is 0 Å². The van der Waals surface area contributed by atoms with E-state index in [1.54, 1.807) is 24.3 Å². The number of unbranched alkanes of at least 4 members (excludes halogenated alkanes) is 2. The van der Waals surface area contributed by atoms with Gasteiger partial charge in [0.2, 0.25) is 0 Å². The van der Waals surface area contributed by atoms with Crippen molar-refractivity contribution in [3.63, 3.8) is 0 Å². The van der Waals surface area contributed by atoms with E-state index in [0.717, 1.165) is 55.6 Å². The average molecular weight is 565 g/mol. The minimum atomic E-state index is -0.237. The molecule has 0 spiro atoms. The molecule has 0 atom stereocenters. The zero-order chi connectivity index (χ0) is 29.3. The van der Waals surface area contributed by atoms with Gasteiger partial charge in [-0.15, -0.1) is 0 Å². The number of aryl methyl sites for hydroxylation is 1. The smallest absolute Gasteiger partial charge is 0.254 e. The molecule has 1 saturated heterocycles. The van der Waals surface area contributed by atoms with Crippen molar-refractivity contribution < 1.29 is 14.3 Å². The van der Waals surface area contributed by atoms with E-state index in [1.807, 2.05) is 59.5 Å². The topological polar surface area (TPSA) is 43.8 Å². The van der Waals surface area contributed by atoms with Gasteiger partial charge in [0.25, 0.3) is 5.91 Å². The molecular formula is C37H41FN2O2. The molecule has 1 aliphatic heterocycles. The van der Waals surface area contributed by atoms with Crippen LogP contribution in [0.3, 0.4) is 0 Å². The molecule has 0 aromatic heterocycles. The first kappa shape index (κ1) is 29.5. The minimum Gasteiger partial charge on any atom is -0.508 e. The molecule has 4 nitrogen and oxygen atoms in total. The van der Waals surface area contributed by atoms with Gasteiger partial charge in [-0.25, -0.2) is 4.39 Å². The quantitative estimate of drug-likeness (QED) is 0.187. The second-order valence-electron chi connectivity index (χ2n) is 11.4. The number of carbonyl (C=O) groups is 1. The lowest BCUT2D eigenvalue weighted by Gasteiger charge is -2.39. The Hall–Kier alpha value is -3.96. The lowest BCUT2D eigenvalue weighted by Crippen LogP contribution is -2.46. The number of likely N-dealkylation sites (tertiary alicyclic amines) is 1. The number of hydrogen-bond acceptors (Lipinski definition) is 3. The molecule has 1 amide bonds. The number of rotatable bonds is 11. The normalized spacial score (nSPS) is 14.1. The number of halogens is 1. The molecule has 1 N–H and O–H groups in total. The molecule has 0 radical (unpaired) electrons. The van der Waals surface area contributed by atoms with Crippen LogP contribution in [0.25, 0.3) is 11.1 Å². The second kappa shape index (κ2) is 14.3. The molecular weight excluding hydrogens is 523 g/mol. The Kier molecular flexibility index (Phi) is 10.0. The van der Waals surface area contributed by atoms with Crippen LogP contribution in [0.2, 0.25) is 0 Å². The van der Waals surface area contributed by atoms with Crippen molar-refractivity contribution >= 4 is 5.91 Å². The lowest BCUT2D eigenvalue weighted by molar-refractivity contribution is 0.0543. The number of nitrogens with zero attached hydrogens (tertiary/aromatic N) is 2. The summed E-state index contributed by atoms with van der Waals surface area (Å²) in [4.78, 5) is 18.5. The van der Waals surface area contributed by atoms with Gasteiger partial charge >= 0.3 is 0 Å². The molecule has 1 aliphatic rings. The van der Waals surface area contributed by atoms with Crippen molar-refractivity contribution in [2.75, 3.05) is 13.1 Å². The van der Waals surface area contributed by atoms with Crippen molar-refractivity contribution in [1.82, 2.24) is 9.80 Å². The van der Waals surface area contributed by atoms with Crippen LogP contribution >= 0.6 is 0 Å². The standard InChI is InChI=1S/C37H41FN2O2/c1-2-3-4-7-28-10-18-32(19-11-28)37(42)40(27-30-12-16-31(17-13-30)35-8-5-6-9-36(35)38)33-22-24-39(25-23-33)26-29-14-20-34(41)21-15-29/h5-6,8-21,33,41H,2-4,7,22-27H2,1H3. The second-order valence-corrected chi connectivity index (χ2v) is 11.4. The first-order valence-electron chi connectivity index (χ1n) is 15.2. The van der Waals surface area contributed by atoms with E-state index in [0.29, 0.717) is 12.1 Å². The summed E-state index contributed by atoms with van der Waals surface area (Å²) in [7, 11) is 0. The monoisotopic (exact) mass is 564 g/mol. The van der Waals surface area contributed by atoms with Gasteiger partial charge in [0.05, 0.1) is 0 Å². The van der Waals surface area contributed by atoms with Gasteiger partial charge in [-0.3, -0.25) is 9.69 Å². The molecule has 5 rings (SSSR count). The Balaban J connectivity index is 1.31. The summed E-state index contributed by atoms with van der Waals surface area (Å²) < 4.78 is 14.4. The maximum Gasteiger partial charge on any atom is 0.254 e.